The largest absolute Gasteiger partial charge is 0.497 e. The minimum atomic E-state index is 0.0621. The molecule has 1 unspecified atom stereocenters. The zero-order valence-corrected chi connectivity index (χ0v) is 9.80. The zero-order valence-electron chi connectivity index (χ0n) is 9.80. The normalized spacial score (nSPS) is 12.4. The predicted octanol–water partition coefficient (Wildman–Crippen LogP) is 2.61. The summed E-state index contributed by atoms with van der Waals surface area (Å²) in [5, 5.41) is 9.43. The van der Waals surface area contributed by atoms with Crippen LogP contribution < -0.4 is 4.74 Å². The summed E-state index contributed by atoms with van der Waals surface area (Å²) >= 11 is 0. The summed E-state index contributed by atoms with van der Waals surface area (Å²) < 4.78 is 10.4. The zero-order chi connectivity index (χ0) is 12.1. The average Bonchev–Trinajstić information content (AvgIpc) is 2.89. The minimum absolute atomic E-state index is 0.0621. The standard InChI is InChI=1S/C14H16O3/c1-16-13-6-4-11(5-7-13)12(10-15)9-14-3-2-8-17-14/h2-8,12,15H,9-10H2,1H3. The van der Waals surface area contributed by atoms with E-state index in [-0.39, 0.29) is 12.5 Å². The van der Waals surface area contributed by atoms with E-state index in [4.69, 9.17) is 9.15 Å². The summed E-state index contributed by atoms with van der Waals surface area (Å²) in [6, 6.07) is 11.5. The molecule has 0 aliphatic heterocycles. The highest BCUT2D eigenvalue weighted by Crippen LogP contribution is 2.23. The van der Waals surface area contributed by atoms with Gasteiger partial charge in [0.25, 0.3) is 0 Å². The Kier molecular flexibility index (Phi) is 3.83. The van der Waals surface area contributed by atoms with Crippen molar-refractivity contribution in [3.8, 4) is 5.75 Å². The first-order chi connectivity index (χ1) is 8.33. The minimum Gasteiger partial charge on any atom is -0.497 e. The molecule has 1 aromatic carbocycles. The Labute approximate surface area is 101 Å². The van der Waals surface area contributed by atoms with Crippen molar-refractivity contribution in [2.75, 3.05) is 13.7 Å². The van der Waals surface area contributed by atoms with Gasteiger partial charge in [-0.25, -0.2) is 0 Å². The van der Waals surface area contributed by atoms with Gasteiger partial charge in [-0.15, -0.1) is 0 Å². The maximum atomic E-state index is 9.43. The fraction of sp³-hybridized carbons (Fsp3) is 0.286. The maximum Gasteiger partial charge on any atom is 0.118 e. The van der Waals surface area contributed by atoms with Crippen molar-refractivity contribution in [2.45, 2.75) is 12.3 Å². The number of aliphatic hydroxyl groups excluding tert-OH is 1. The third-order valence-corrected chi connectivity index (χ3v) is 2.84. The molecule has 0 amide bonds. The molecule has 0 aliphatic rings. The fourth-order valence-corrected chi connectivity index (χ4v) is 1.84. The van der Waals surface area contributed by atoms with Crippen LogP contribution in [0.3, 0.4) is 0 Å². The molecule has 2 rings (SSSR count). The van der Waals surface area contributed by atoms with Crippen LogP contribution in [0.1, 0.15) is 17.2 Å². The summed E-state index contributed by atoms with van der Waals surface area (Å²) in [5.41, 5.74) is 1.09. The Morgan fingerprint density at radius 2 is 2.00 bits per heavy atom. The van der Waals surface area contributed by atoms with E-state index in [1.807, 2.05) is 36.4 Å². The molecule has 1 N–H and O–H groups in total. The average molecular weight is 232 g/mol. The Morgan fingerprint density at radius 1 is 1.24 bits per heavy atom. The highest BCUT2D eigenvalue weighted by molar-refractivity contribution is 5.30. The van der Waals surface area contributed by atoms with Crippen molar-refractivity contribution in [1.29, 1.82) is 0 Å². The van der Waals surface area contributed by atoms with E-state index in [1.54, 1.807) is 13.4 Å². The number of methoxy groups -OCH3 is 1. The number of benzene rings is 1. The highest BCUT2D eigenvalue weighted by atomic mass is 16.5. The van der Waals surface area contributed by atoms with Gasteiger partial charge in [0.15, 0.2) is 0 Å². The molecule has 17 heavy (non-hydrogen) atoms. The molecule has 2 aromatic rings. The van der Waals surface area contributed by atoms with Crippen LogP contribution in [0.4, 0.5) is 0 Å². The van der Waals surface area contributed by atoms with Gasteiger partial charge in [0.1, 0.15) is 11.5 Å². The summed E-state index contributed by atoms with van der Waals surface area (Å²) in [6.07, 6.45) is 2.35. The lowest BCUT2D eigenvalue weighted by atomic mass is 9.95. The summed E-state index contributed by atoms with van der Waals surface area (Å²) in [6.45, 7) is 0.104. The second kappa shape index (κ2) is 5.55. The second-order valence-electron chi connectivity index (χ2n) is 3.94. The van der Waals surface area contributed by atoms with Crippen LogP contribution in [0.15, 0.2) is 47.1 Å². The lowest BCUT2D eigenvalue weighted by Gasteiger charge is -2.13. The van der Waals surface area contributed by atoms with Crippen molar-refractivity contribution in [1.82, 2.24) is 0 Å². The number of hydrogen-bond donors (Lipinski definition) is 1. The molecule has 1 heterocycles. The Morgan fingerprint density at radius 3 is 2.53 bits per heavy atom. The van der Waals surface area contributed by atoms with Gasteiger partial charge in [-0.1, -0.05) is 12.1 Å². The molecular weight excluding hydrogens is 216 g/mol. The first-order valence-electron chi connectivity index (χ1n) is 5.60. The molecule has 0 bridgehead atoms. The van der Waals surface area contributed by atoms with Crippen LogP contribution in [-0.2, 0) is 6.42 Å². The Bertz CT molecular complexity index is 431. The van der Waals surface area contributed by atoms with Crippen molar-refractivity contribution in [2.24, 2.45) is 0 Å². The SMILES string of the molecule is COc1ccc(C(CO)Cc2ccco2)cc1. The van der Waals surface area contributed by atoms with E-state index >= 15 is 0 Å². The maximum absolute atomic E-state index is 9.43. The first kappa shape index (κ1) is 11.7. The van der Waals surface area contributed by atoms with Gasteiger partial charge in [-0.3, -0.25) is 0 Å². The molecule has 1 aromatic heterocycles. The Hall–Kier alpha value is -1.74. The van der Waals surface area contributed by atoms with Gasteiger partial charge < -0.3 is 14.3 Å². The first-order valence-corrected chi connectivity index (χ1v) is 5.60. The lowest BCUT2D eigenvalue weighted by Crippen LogP contribution is -2.07. The number of rotatable bonds is 5. The number of ether oxygens (including phenoxy) is 1. The van der Waals surface area contributed by atoms with Crippen LogP contribution in [0, 0.1) is 0 Å². The monoisotopic (exact) mass is 232 g/mol. The summed E-state index contributed by atoms with van der Waals surface area (Å²) in [4.78, 5) is 0. The fourth-order valence-electron chi connectivity index (χ4n) is 1.84. The van der Waals surface area contributed by atoms with Crippen LogP contribution in [0.2, 0.25) is 0 Å². The van der Waals surface area contributed by atoms with E-state index in [0.29, 0.717) is 6.42 Å². The molecule has 3 heteroatoms. The van der Waals surface area contributed by atoms with Gasteiger partial charge in [0.05, 0.1) is 20.0 Å². The van der Waals surface area contributed by atoms with E-state index in [1.165, 1.54) is 0 Å². The summed E-state index contributed by atoms with van der Waals surface area (Å²) in [7, 11) is 1.64. The molecule has 0 saturated heterocycles. The van der Waals surface area contributed by atoms with Crippen molar-refractivity contribution in [3.63, 3.8) is 0 Å². The third-order valence-electron chi connectivity index (χ3n) is 2.84. The van der Waals surface area contributed by atoms with E-state index < -0.39 is 0 Å². The third kappa shape index (κ3) is 2.88. The smallest absolute Gasteiger partial charge is 0.118 e. The lowest BCUT2D eigenvalue weighted by molar-refractivity contribution is 0.259. The van der Waals surface area contributed by atoms with Crippen LogP contribution >= 0.6 is 0 Å². The number of hydrogen-bond acceptors (Lipinski definition) is 3. The van der Waals surface area contributed by atoms with Gasteiger partial charge in [-0.05, 0) is 29.8 Å². The van der Waals surface area contributed by atoms with Gasteiger partial charge in [0.2, 0.25) is 0 Å². The quantitative estimate of drug-likeness (QED) is 0.861. The van der Waals surface area contributed by atoms with E-state index in [0.717, 1.165) is 17.1 Å². The Balaban J connectivity index is 2.11. The highest BCUT2D eigenvalue weighted by Gasteiger charge is 2.12. The molecule has 0 radical (unpaired) electrons. The molecule has 1 atom stereocenters. The van der Waals surface area contributed by atoms with Crippen molar-refractivity contribution >= 4 is 0 Å². The van der Waals surface area contributed by atoms with E-state index in [9.17, 15) is 5.11 Å². The molecule has 0 saturated carbocycles. The molecule has 90 valence electrons. The molecule has 0 spiro atoms. The second-order valence-corrected chi connectivity index (χ2v) is 3.94. The van der Waals surface area contributed by atoms with E-state index in [2.05, 4.69) is 0 Å². The number of aliphatic hydroxyl groups is 1. The topological polar surface area (TPSA) is 42.6 Å². The molecule has 3 nitrogen and oxygen atoms in total. The van der Waals surface area contributed by atoms with Crippen LogP contribution in [-0.4, -0.2) is 18.8 Å². The van der Waals surface area contributed by atoms with Gasteiger partial charge >= 0.3 is 0 Å². The van der Waals surface area contributed by atoms with Gasteiger partial charge in [-0.2, -0.15) is 0 Å². The van der Waals surface area contributed by atoms with Crippen molar-refractivity contribution < 1.29 is 14.3 Å². The number of furan rings is 1. The van der Waals surface area contributed by atoms with Gasteiger partial charge in [0, 0.05) is 12.3 Å². The van der Waals surface area contributed by atoms with Crippen LogP contribution in [0.5, 0.6) is 5.75 Å². The summed E-state index contributed by atoms with van der Waals surface area (Å²) in [5.74, 6) is 1.77. The van der Waals surface area contributed by atoms with Crippen molar-refractivity contribution in [3.05, 3.63) is 54.0 Å². The molecule has 0 aliphatic carbocycles. The molecular formula is C14H16O3. The predicted molar refractivity (Wildman–Crippen MR) is 65.2 cm³/mol. The van der Waals surface area contributed by atoms with Crippen LogP contribution in [0.25, 0.3) is 0 Å². The molecule has 0 fully saturated rings.